The number of halogens is 2. The van der Waals surface area contributed by atoms with Gasteiger partial charge in [0.25, 0.3) is 0 Å². The van der Waals surface area contributed by atoms with Crippen LogP contribution in [-0.4, -0.2) is 47.5 Å². The molecule has 0 aromatic heterocycles. The third-order valence-electron chi connectivity index (χ3n) is 6.49. The number of benzene rings is 3. The van der Waals surface area contributed by atoms with Crippen LogP contribution in [0.2, 0.25) is 5.02 Å². The summed E-state index contributed by atoms with van der Waals surface area (Å²) in [4.78, 5) is 11.8. The number of carbonyl (C=O) groups is 1. The number of rotatable bonds is 15. The number of nitrogens with one attached hydrogen (secondary N) is 1. The van der Waals surface area contributed by atoms with Crippen molar-refractivity contribution in [2.24, 2.45) is 0 Å². The Morgan fingerprint density at radius 1 is 1.08 bits per heavy atom. The van der Waals surface area contributed by atoms with E-state index in [1.807, 2.05) is 35.6 Å². The second kappa shape index (κ2) is 14.8. The third-order valence-corrected chi connectivity index (χ3v) is 7.73. The van der Waals surface area contributed by atoms with Gasteiger partial charge in [0.1, 0.15) is 12.1 Å². The Hall–Kier alpha value is -2.22. The van der Waals surface area contributed by atoms with Crippen LogP contribution in [0, 0.1) is 5.82 Å². The number of aldehydes is 1. The molecule has 0 amide bonds. The molecular formula is C31H38ClFN2O2S. The molecule has 1 unspecified atom stereocenters. The maximum absolute atomic E-state index is 14.0. The molecule has 0 aliphatic carbocycles. The largest absolute Gasteiger partial charge is 0.390 e. The summed E-state index contributed by atoms with van der Waals surface area (Å²) in [6, 6.07) is 20.8. The van der Waals surface area contributed by atoms with Gasteiger partial charge in [0.2, 0.25) is 0 Å². The van der Waals surface area contributed by atoms with Crippen molar-refractivity contribution in [2.45, 2.75) is 62.5 Å². The van der Waals surface area contributed by atoms with Crippen molar-refractivity contribution in [2.75, 3.05) is 20.1 Å². The summed E-state index contributed by atoms with van der Waals surface area (Å²) in [5, 5.41) is 14.7. The fraction of sp³-hybridized carbons (Fsp3) is 0.387. The molecule has 0 aliphatic rings. The van der Waals surface area contributed by atoms with Crippen LogP contribution in [0.5, 0.6) is 0 Å². The van der Waals surface area contributed by atoms with Gasteiger partial charge in [0.15, 0.2) is 0 Å². The fourth-order valence-electron chi connectivity index (χ4n) is 4.44. The molecule has 2 N–H and O–H groups in total. The Balaban J connectivity index is 1.50. The van der Waals surface area contributed by atoms with Gasteiger partial charge >= 0.3 is 0 Å². The summed E-state index contributed by atoms with van der Waals surface area (Å²) >= 11 is 8.11. The first-order valence-corrected chi connectivity index (χ1v) is 14.2. The van der Waals surface area contributed by atoms with E-state index in [9.17, 15) is 14.3 Å². The summed E-state index contributed by atoms with van der Waals surface area (Å²) in [6.07, 6.45) is 4.40. The number of aryl methyl sites for hydroxylation is 2. The van der Waals surface area contributed by atoms with Crippen LogP contribution in [0.4, 0.5) is 4.39 Å². The van der Waals surface area contributed by atoms with Gasteiger partial charge in [-0.1, -0.05) is 54.1 Å². The maximum Gasteiger partial charge on any atom is 0.123 e. The van der Waals surface area contributed by atoms with Gasteiger partial charge in [0.05, 0.1) is 6.10 Å². The highest BCUT2D eigenvalue weighted by molar-refractivity contribution is 7.97. The predicted octanol–water partition coefficient (Wildman–Crippen LogP) is 6.97. The van der Waals surface area contributed by atoms with Crippen molar-refractivity contribution in [3.63, 3.8) is 0 Å². The minimum absolute atomic E-state index is 0.0632. The number of nitrogens with zero attached hydrogens (tertiary/aromatic N) is 1. The average Bonchev–Trinajstić information content (AvgIpc) is 2.87. The summed E-state index contributed by atoms with van der Waals surface area (Å²) in [7, 11) is 1.94. The van der Waals surface area contributed by atoms with Crippen LogP contribution in [0.25, 0.3) is 11.1 Å². The molecule has 0 saturated heterocycles. The molecule has 0 heterocycles. The van der Waals surface area contributed by atoms with Gasteiger partial charge in [-0.3, -0.25) is 0 Å². The molecule has 3 aromatic carbocycles. The monoisotopic (exact) mass is 556 g/mol. The van der Waals surface area contributed by atoms with Gasteiger partial charge in [-0.15, -0.1) is 0 Å². The maximum atomic E-state index is 14.0. The van der Waals surface area contributed by atoms with E-state index in [0.29, 0.717) is 36.5 Å². The molecule has 3 aromatic rings. The normalized spacial score (nSPS) is 12.6. The lowest BCUT2D eigenvalue weighted by molar-refractivity contribution is -0.107. The highest BCUT2D eigenvalue weighted by atomic mass is 35.5. The summed E-state index contributed by atoms with van der Waals surface area (Å²) < 4.78 is 16.0. The number of hydrogen-bond donors (Lipinski definition) is 2. The topological polar surface area (TPSA) is 52.6 Å². The number of likely N-dealkylation sites (N-methyl/N-ethyl adjacent to an activating group) is 1. The van der Waals surface area contributed by atoms with Gasteiger partial charge in [-0.2, -0.15) is 0 Å². The van der Waals surface area contributed by atoms with E-state index in [1.54, 1.807) is 6.07 Å². The molecule has 0 bridgehead atoms. The molecule has 204 valence electrons. The van der Waals surface area contributed by atoms with Crippen molar-refractivity contribution in [1.29, 1.82) is 0 Å². The van der Waals surface area contributed by atoms with E-state index < -0.39 is 6.10 Å². The van der Waals surface area contributed by atoms with Crippen LogP contribution >= 0.6 is 23.5 Å². The van der Waals surface area contributed by atoms with Gasteiger partial charge in [-0.05, 0) is 99.5 Å². The lowest BCUT2D eigenvalue weighted by Gasteiger charge is -2.29. The van der Waals surface area contributed by atoms with E-state index in [2.05, 4.69) is 43.4 Å². The van der Waals surface area contributed by atoms with E-state index in [-0.39, 0.29) is 11.4 Å². The van der Waals surface area contributed by atoms with Gasteiger partial charge in [0, 0.05) is 40.5 Å². The van der Waals surface area contributed by atoms with Crippen LogP contribution < -0.4 is 5.32 Å². The summed E-state index contributed by atoms with van der Waals surface area (Å²) in [5.41, 5.74) is 3.61. The van der Waals surface area contributed by atoms with Crippen molar-refractivity contribution >= 4 is 29.8 Å². The van der Waals surface area contributed by atoms with Crippen molar-refractivity contribution in [3.05, 3.63) is 88.7 Å². The molecule has 1 atom stereocenters. The summed E-state index contributed by atoms with van der Waals surface area (Å²) in [5.74, 6) is -0.342. The molecule has 38 heavy (non-hydrogen) atoms. The molecule has 0 fully saturated rings. The SMILES string of the molecule is CN(CC(O)CNC(C)(C)CCCc1ccccc1)Sc1ccc(-c2cc(F)ccc2CCC=O)c(Cl)c1. The Kier molecular flexibility index (Phi) is 11.8. The molecule has 0 radical (unpaired) electrons. The predicted molar refractivity (Wildman–Crippen MR) is 157 cm³/mol. The fourth-order valence-corrected chi connectivity index (χ4v) is 5.70. The molecule has 4 nitrogen and oxygen atoms in total. The summed E-state index contributed by atoms with van der Waals surface area (Å²) in [6.45, 7) is 5.34. The van der Waals surface area contributed by atoms with Crippen molar-refractivity contribution < 1.29 is 14.3 Å². The second-order valence-electron chi connectivity index (χ2n) is 10.3. The smallest absolute Gasteiger partial charge is 0.123 e. The lowest BCUT2D eigenvalue weighted by atomic mass is 9.95. The highest BCUT2D eigenvalue weighted by Gasteiger charge is 2.19. The Morgan fingerprint density at radius 3 is 2.55 bits per heavy atom. The lowest BCUT2D eigenvalue weighted by Crippen LogP contribution is -2.45. The number of aliphatic hydroxyl groups is 1. The number of β-amino-alcohol motifs (C(OH)–C–C–N with tert-alkyl or cyclic N) is 1. The van der Waals surface area contributed by atoms with Crippen LogP contribution in [-0.2, 0) is 17.6 Å². The molecule has 0 spiro atoms. The average molecular weight is 557 g/mol. The van der Waals surface area contributed by atoms with Crippen molar-refractivity contribution in [3.8, 4) is 11.1 Å². The van der Waals surface area contributed by atoms with Crippen LogP contribution in [0.1, 0.15) is 44.2 Å². The Labute approximate surface area is 235 Å². The zero-order valence-corrected chi connectivity index (χ0v) is 24.0. The van der Waals surface area contributed by atoms with Crippen molar-refractivity contribution in [1.82, 2.24) is 9.62 Å². The number of aliphatic hydroxyl groups excluding tert-OH is 1. The van der Waals surface area contributed by atoms with Crippen LogP contribution in [0.15, 0.2) is 71.6 Å². The minimum Gasteiger partial charge on any atom is -0.390 e. The second-order valence-corrected chi connectivity index (χ2v) is 12.0. The zero-order valence-electron chi connectivity index (χ0n) is 22.4. The van der Waals surface area contributed by atoms with Crippen LogP contribution in [0.3, 0.4) is 0 Å². The molecule has 0 saturated carbocycles. The Morgan fingerprint density at radius 2 is 1.84 bits per heavy atom. The third kappa shape index (κ3) is 9.83. The highest BCUT2D eigenvalue weighted by Crippen LogP contribution is 2.35. The minimum atomic E-state index is -0.525. The van der Waals surface area contributed by atoms with E-state index >= 15 is 0 Å². The van der Waals surface area contributed by atoms with E-state index in [0.717, 1.165) is 41.6 Å². The molecular weight excluding hydrogens is 519 g/mol. The molecule has 7 heteroatoms. The molecule has 0 aliphatic heterocycles. The van der Waals surface area contributed by atoms with E-state index in [1.165, 1.54) is 29.6 Å². The Bertz CT molecular complexity index is 1180. The first kappa shape index (κ1) is 30.3. The van der Waals surface area contributed by atoms with Gasteiger partial charge < -0.3 is 15.2 Å². The van der Waals surface area contributed by atoms with E-state index in [4.69, 9.17) is 11.6 Å². The zero-order chi connectivity index (χ0) is 27.5. The molecule has 3 rings (SSSR count). The quantitative estimate of drug-likeness (QED) is 0.156. The standard InChI is InChI=1S/C31H38ClFN2O2S/c1-31(2,17-7-11-23-9-5-4-6-10-23)34-21-26(37)22-35(3)38-27-15-16-28(30(32)20-27)29-19-25(33)14-13-24(29)12-8-18-36/h4-6,9-10,13-16,18-20,26,34,37H,7-8,11-12,17,21-22H2,1-3H3. The first-order chi connectivity index (χ1) is 18.2. The number of hydrogen-bond acceptors (Lipinski definition) is 5. The first-order valence-electron chi connectivity index (χ1n) is 13.0. The number of carbonyl (C=O) groups excluding carboxylic acids is 1. The van der Waals surface area contributed by atoms with Gasteiger partial charge in [-0.25, -0.2) is 8.70 Å².